The third-order valence-electron chi connectivity index (χ3n) is 3.04. The molecule has 0 radical (unpaired) electrons. The van der Waals surface area contributed by atoms with Crippen molar-refractivity contribution in [1.29, 1.82) is 0 Å². The minimum Gasteiger partial charge on any atom is -0.393 e. The predicted octanol–water partition coefficient (Wildman–Crippen LogP) is 1.63. The molecule has 0 aromatic carbocycles. The molecule has 0 aliphatic heterocycles. The first-order valence-corrected chi connectivity index (χ1v) is 8.44. The Balaban J connectivity index is 1.93. The van der Waals surface area contributed by atoms with Crippen LogP contribution in [0.4, 0.5) is 0 Å². The van der Waals surface area contributed by atoms with Crippen LogP contribution in [0, 0.1) is 5.92 Å². The van der Waals surface area contributed by atoms with E-state index in [0.717, 1.165) is 30.6 Å². The molecule has 8 heteroatoms. The summed E-state index contributed by atoms with van der Waals surface area (Å²) in [6.45, 7) is 0.356. The zero-order chi connectivity index (χ0) is 13.2. The van der Waals surface area contributed by atoms with E-state index in [1.54, 1.807) is 0 Å². The third kappa shape index (κ3) is 3.64. The van der Waals surface area contributed by atoms with Gasteiger partial charge in [-0.05, 0) is 25.2 Å². The number of sulfonamides is 1. The van der Waals surface area contributed by atoms with Crippen LogP contribution in [0.3, 0.4) is 0 Å². The summed E-state index contributed by atoms with van der Waals surface area (Å²) >= 11 is 6.55. The number of rotatable bonds is 4. The van der Waals surface area contributed by atoms with Gasteiger partial charge in [-0.2, -0.15) is 0 Å². The fourth-order valence-corrected chi connectivity index (χ4v) is 4.56. The van der Waals surface area contributed by atoms with Crippen LogP contribution in [-0.4, -0.2) is 31.2 Å². The van der Waals surface area contributed by atoms with Crippen LogP contribution in [0.15, 0.2) is 10.4 Å². The van der Waals surface area contributed by atoms with Crippen molar-refractivity contribution < 1.29 is 13.5 Å². The Bertz CT molecular complexity index is 503. The van der Waals surface area contributed by atoms with Crippen LogP contribution in [0.5, 0.6) is 0 Å². The highest BCUT2D eigenvalue weighted by atomic mass is 35.5. The van der Waals surface area contributed by atoms with Crippen molar-refractivity contribution in [2.45, 2.75) is 36.0 Å². The first kappa shape index (κ1) is 14.2. The molecule has 0 bridgehead atoms. The largest absolute Gasteiger partial charge is 0.393 e. The van der Waals surface area contributed by atoms with Crippen molar-refractivity contribution >= 4 is 33.0 Å². The van der Waals surface area contributed by atoms with E-state index < -0.39 is 10.0 Å². The molecule has 102 valence electrons. The number of thiazole rings is 1. The van der Waals surface area contributed by atoms with E-state index in [-0.39, 0.29) is 20.7 Å². The van der Waals surface area contributed by atoms with E-state index in [1.165, 1.54) is 6.20 Å². The number of aliphatic hydroxyl groups is 1. The van der Waals surface area contributed by atoms with E-state index in [2.05, 4.69) is 9.71 Å². The molecule has 18 heavy (non-hydrogen) atoms. The smallest absolute Gasteiger partial charge is 0.251 e. The highest BCUT2D eigenvalue weighted by Crippen LogP contribution is 2.25. The number of hydrogen-bond donors (Lipinski definition) is 2. The second-order valence-corrected chi connectivity index (χ2v) is 8.08. The van der Waals surface area contributed by atoms with Crippen molar-refractivity contribution in [1.82, 2.24) is 9.71 Å². The Hall–Kier alpha value is -0.210. The highest BCUT2D eigenvalue weighted by Gasteiger charge is 2.23. The number of hydrogen-bond acceptors (Lipinski definition) is 5. The molecule has 2 unspecified atom stereocenters. The average molecular weight is 311 g/mol. The van der Waals surface area contributed by atoms with Crippen molar-refractivity contribution in [2.24, 2.45) is 5.92 Å². The highest BCUT2D eigenvalue weighted by molar-refractivity contribution is 7.91. The Morgan fingerprint density at radius 3 is 2.94 bits per heavy atom. The van der Waals surface area contributed by atoms with Gasteiger partial charge in [0.25, 0.3) is 10.0 Å². The molecule has 5 nitrogen and oxygen atoms in total. The summed E-state index contributed by atoms with van der Waals surface area (Å²) in [5, 5.41) is 9.53. The molecular formula is C10H15ClN2O3S2. The molecule has 1 saturated carbocycles. The zero-order valence-electron chi connectivity index (χ0n) is 9.67. The monoisotopic (exact) mass is 310 g/mol. The number of nitrogens with zero attached hydrogens (tertiary/aromatic N) is 1. The average Bonchev–Trinajstić information content (AvgIpc) is 2.74. The van der Waals surface area contributed by atoms with E-state index >= 15 is 0 Å². The SMILES string of the molecule is O=S(=O)(NCC1CCCC(O)C1)c1cnc(Cl)s1. The minimum absolute atomic E-state index is 0.129. The van der Waals surface area contributed by atoms with Crippen LogP contribution in [-0.2, 0) is 10.0 Å². The molecule has 2 N–H and O–H groups in total. The summed E-state index contributed by atoms with van der Waals surface area (Å²) in [7, 11) is -3.52. The fourth-order valence-electron chi connectivity index (χ4n) is 2.11. The zero-order valence-corrected chi connectivity index (χ0v) is 12.1. The number of aromatic nitrogens is 1. The van der Waals surface area contributed by atoms with Crippen LogP contribution >= 0.6 is 22.9 Å². The molecular weight excluding hydrogens is 296 g/mol. The summed E-state index contributed by atoms with van der Waals surface area (Å²) in [4.78, 5) is 3.71. The molecule has 1 aliphatic carbocycles. The van der Waals surface area contributed by atoms with Gasteiger partial charge in [-0.3, -0.25) is 0 Å². The predicted molar refractivity (Wildman–Crippen MR) is 70.3 cm³/mol. The van der Waals surface area contributed by atoms with Gasteiger partial charge in [0, 0.05) is 6.54 Å². The molecule has 1 aromatic heterocycles. The topological polar surface area (TPSA) is 79.3 Å². The van der Waals surface area contributed by atoms with Crippen molar-refractivity contribution in [3.05, 3.63) is 10.7 Å². The fraction of sp³-hybridized carbons (Fsp3) is 0.700. The molecule has 1 heterocycles. The Kier molecular flexibility index (Phi) is 4.60. The van der Waals surface area contributed by atoms with Gasteiger partial charge in [-0.15, -0.1) is 0 Å². The first-order valence-electron chi connectivity index (χ1n) is 5.76. The van der Waals surface area contributed by atoms with Gasteiger partial charge < -0.3 is 5.11 Å². The van der Waals surface area contributed by atoms with Gasteiger partial charge in [0.15, 0.2) is 8.68 Å². The lowest BCUT2D eigenvalue weighted by molar-refractivity contribution is 0.102. The second kappa shape index (κ2) is 5.83. The molecule has 1 fully saturated rings. The third-order valence-corrected chi connectivity index (χ3v) is 6.04. The molecule has 0 saturated heterocycles. The molecule has 1 aliphatic rings. The molecule has 0 amide bonds. The number of aliphatic hydroxyl groups excluding tert-OH is 1. The standard InChI is InChI=1S/C10H15ClN2O3S2/c11-10-12-6-9(17-10)18(15,16)13-5-7-2-1-3-8(14)4-7/h6-8,13-14H,1-5H2. The summed E-state index contributed by atoms with van der Waals surface area (Å²) in [6.07, 6.45) is 4.32. The summed E-state index contributed by atoms with van der Waals surface area (Å²) < 4.78 is 26.7. The lowest BCUT2D eigenvalue weighted by atomic mass is 9.87. The van der Waals surface area contributed by atoms with Crippen LogP contribution in [0.1, 0.15) is 25.7 Å². The van der Waals surface area contributed by atoms with Crippen LogP contribution in [0.25, 0.3) is 0 Å². The van der Waals surface area contributed by atoms with Crippen molar-refractivity contribution in [2.75, 3.05) is 6.54 Å². The van der Waals surface area contributed by atoms with Gasteiger partial charge in [0.2, 0.25) is 0 Å². The van der Waals surface area contributed by atoms with E-state index in [1.807, 2.05) is 0 Å². The van der Waals surface area contributed by atoms with Gasteiger partial charge >= 0.3 is 0 Å². The summed E-state index contributed by atoms with van der Waals surface area (Å²) in [5.74, 6) is 0.201. The summed E-state index contributed by atoms with van der Waals surface area (Å²) in [5.41, 5.74) is 0. The van der Waals surface area contributed by atoms with Gasteiger partial charge in [-0.1, -0.05) is 29.4 Å². The van der Waals surface area contributed by atoms with Gasteiger partial charge in [0.1, 0.15) is 0 Å². The lowest BCUT2D eigenvalue weighted by Crippen LogP contribution is -2.32. The molecule has 0 spiro atoms. The Morgan fingerprint density at radius 2 is 2.33 bits per heavy atom. The van der Waals surface area contributed by atoms with Crippen molar-refractivity contribution in [3.63, 3.8) is 0 Å². The Labute approximate surface area is 115 Å². The van der Waals surface area contributed by atoms with Crippen LogP contribution < -0.4 is 4.72 Å². The number of halogens is 1. The van der Waals surface area contributed by atoms with E-state index in [9.17, 15) is 13.5 Å². The normalized spacial score (nSPS) is 25.2. The van der Waals surface area contributed by atoms with Crippen LogP contribution in [0.2, 0.25) is 4.47 Å². The number of nitrogens with one attached hydrogen (secondary N) is 1. The lowest BCUT2D eigenvalue weighted by Gasteiger charge is -2.25. The summed E-state index contributed by atoms with van der Waals surface area (Å²) in [6, 6.07) is 0. The quantitative estimate of drug-likeness (QED) is 0.886. The van der Waals surface area contributed by atoms with Crippen molar-refractivity contribution in [3.8, 4) is 0 Å². The molecule has 1 aromatic rings. The molecule has 2 rings (SSSR count). The maximum Gasteiger partial charge on any atom is 0.251 e. The maximum atomic E-state index is 11.9. The maximum absolute atomic E-state index is 11.9. The first-order chi connectivity index (χ1) is 8.47. The molecule has 2 atom stereocenters. The Morgan fingerprint density at radius 1 is 1.56 bits per heavy atom. The minimum atomic E-state index is -3.52. The van der Waals surface area contributed by atoms with Gasteiger partial charge in [-0.25, -0.2) is 18.1 Å². The van der Waals surface area contributed by atoms with E-state index in [0.29, 0.717) is 13.0 Å². The second-order valence-electron chi connectivity index (χ2n) is 4.47. The van der Waals surface area contributed by atoms with Gasteiger partial charge in [0.05, 0.1) is 12.3 Å². The van der Waals surface area contributed by atoms with E-state index in [4.69, 9.17) is 11.6 Å².